The Labute approximate surface area is 120 Å². The summed E-state index contributed by atoms with van der Waals surface area (Å²) >= 11 is 0. The first-order valence-electron chi connectivity index (χ1n) is 6.89. The summed E-state index contributed by atoms with van der Waals surface area (Å²) in [7, 11) is 0. The summed E-state index contributed by atoms with van der Waals surface area (Å²) < 4.78 is 38.1. The van der Waals surface area contributed by atoms with Crippen LogP contribution < -0.4 is 4.90 Å². The first-order chi connectivity index (χ1) is 9.81. The van der Waals surface area contributed by atoms with Gasteiger partial charge in [0.25, 0.3) is 0 Å². The second-order valence-electron chi connectivity index (χ2n) is 5.16. The fourth-order valence-corrected chi connectivity index (χ4v) is 2.61. The quantitative estimate of drug-likeness (QED) is 0.908. The molecule has 0 radical (unpaired) electrons. The minimum absolute atomic E-state index is 0.0673. The number of aromatic carboxylic acids is 1. The van der Waals surface area contributed by atoms with Gasteiger partial charge in [-0.2, -0.15) is 13.2 Å². The van der Waals surface area contributed by atoms with Crippen molar-refractivity contribution < 1.29 is 23.1 Å². The molecule has 0 aromatic carbocycles. The number of fused-ring (bicyclic) bond motifs is 1. The molecule has 0 amide bonds. The Kier molecular flexibility index (Phi) is 4.39. The first kappa shape index (κ1) is 15.6. The van der Waals surface area contributed by atoms with Crippen LogP contribution >= 0.6 is 0 Å². The molecule has 0 saturated carbocycles. The average molecular weight is 302 g/mol. The Morgan fingerprint density at radius 3 is 2.71 bits per heavy atom. The van der Waals surface area contributed by atoms with Crippen LogP contribution in [0.5, 0.6) is 0 Å². The van der Waals surface area contributed by atoms with E-state index in [1.165, 1.54) is 6.07 Å². The van der Waals surface area contributed by atoms with Gasteiger partial charge in [-0.25, -0.2) is 9.78 Å². The number of carboxylic acids is 1. The van der Waals surface area contributed by atoms with E-state index in [9.17, 15) is 23.1 Å². The lowest BCUT2D eigenvalue weighted by Crippen LogP contribution is -2.36. The minimum atomic E-state index is -4.40. The van der Waals surface area contributed by atoms with Gasteiger partial charge in [-0.05, 0) is 37.3 Å². The zero-order valence-electron chi connectivity index (χ0n) is 11.7. The van der Waals surface area contributed by atoms with Crippen LogP contribution in [0.15, 0.2) is 6.07 Å². The van der Waals surface area contributed by atoms with Gasteiger partial charge in [0.1, 0.15) is 17.9 Å². The molecule has 116 valence electrons. The number of aryl methyl sites for hydroxylation is 2. The van der Waals surface area contributed by atoms with E-state index in [1.54, 1.807) is 6.92 Å². The first-order valence-corrected chi connectivity index (χ1v) is 6.89. The highest BCUT2D eigenvalue weighted by molar-refractivity contribution is 5.93. The highest BCUT2D eigenvalue weighted by Gasteiger charge is 2.33. The second-order valence-corrected chi connectivity index (χ2v) is 5.16. The van der Waals surface area contributed by atoms with E-state index in [4.69, 9.17) is 0 Å². The van der Waals surface area contributed by atoms with Crippen LogP contribution in [-0.4, -0.2) is 35.3 Å². The van der Waals surface area contributed by atoms with Gasteiger partial charge in [0.2, 0.25) is 0 Å². The SMILES string of the molecule is CCCN(CC(F)(F)F)c1nc2c(cc1C(=O)O)CCC2. The summed E-state index contributed by atoms with van der Waals surface area (Å²) in [6.45, 7) is 0.676. The summed E-state index contributed by atoms with van der Waals surface area (Å²) in [6, 6.07) is 1.48. The molecule has 1 aromatic rings. The van der Waals surface area contributed by atoms with Crippen LogP contribution in [0.25, 0.3) is 0 Å². The van der Waals surface area contributed by atoms with Gasteiger partial charge in [-0.1, -0.05) is 6.92 Å². The summed E-state index contributed by atoms with van der Waals surface area (Å²) in [5.41, 5.74) is 1.41. The molecule has 0 unspecified atom stereocenters. The number of alkyl halides is 3. The van der Waals surface area contributed by atoms with Crippen molar-refractivity contribution in [3.05, 3.63) is 22.9 Å². The molecular formula is C14H17F3N2O2. The Hall–Kier alpha value is -1.79. The maximum Gasteiger partial charge on any atom is 0.405 e. The number of pyridine rings is 1. The van der Waals surface area contributed by atoms with Gasteiger partial charge in [0, 0.05) is 12.2 Å². The van der Waals surface area contributed by atoms with E-state index in [1.807, 2.05) is 0 Å². The fourth-order valence-electron chi connectivity index (χ4n) is 2.61. The predicted molar refractivity (Wildman–Crippen MR) is 71.8 cm³/mol. The lowest BCUT2D eigenvalue weighted by molar-refractivity contribution is -0.119. The average Bonchev–Trinajstić information content (AvgIpc) is 2.82. The van der Waals surface area contributed by atoms with E-state index < -0.39 is 18.7 Å². The number of carbonyl (C=O) groups is 1. The highest BCUT2D eigenvalue weighted by atomic mass is 19.4. The zero-order chi connectivity index (χ0) is 15.6. The smallest absolute Gasteiger partial charge is 0.405 e. The Morgan fingerprint density at radius 2 is 2.14 bits per heavy atom. The maximum atomic E-state index is 12.7. The third kappa shape index (κ3) is 3.65. The van der Waals surface area contributed by atoms with Crippen molar-refractivity contribution in [3.8, 4) is 0 Å². The topological polar surface area (TPSA) is 53.4 Å². The van der Waals surface area contributed by atoms with Crippen LogP contribution in [0.2, 0.25) is 0 Å². The molecule has 1 aliphatic carbocycles. The Morgan fingerprint density at radius 1 is 1.43 bits per heavy atom. The highest BCUT2D eigenvalue weighted by Crippen LogP contribution is 2.29. The Balaban J connectivity index is 2.45. The van der Waals surface area contributed by atoms with Crippen molar-refractivity contribution in [2.75, 3.05) is 18.0 Å². The monoisotopic (exact) mass is 302 g/mol. The van der Waals surface area contributed by atoms with Gasteiger partial charge < -0.3 is 10.0 Å². The standard InChI is InChI=1S/C14H17F3N2O2/c1-2-6-19(8-14(15,16)17)12-10(13(20)21)7-9-4-3-5-11(9)18-12/h7H,2-6,8H2,1H3,(H,20,21). The van der Waals surface area contributed by atoms with E-state index in [2.05, 4.69) is 4.98 Å². The van der Waals surface area contributed by atoms with Crippen molar-refractivity contribution in [2.45, 2.75) is 38.8 Å². The minimum Gasteiger partial charge on any atom is -0.478 e. The van der Waals surface area contributed by atoms with Crippen molar-refractivity contribution in [2.24, 2.45) is 0 Å². The van der Waals surface area contributed by atoms with Crippen molar-refractivity contribution >= 4 is 11.8 Å². The molecule has 1 aromatic heterocycles. The molecule has 0 fully saturated rings. The third-order valence-corrected chi connectivity index (χ3v) is 3.42. The molecule has 7 heteroatoms. The van der Waals surface area contributed by atoms with Gasteiger partial charge >= 0.3 is 12.1 Å². The zero-order valence-corrected chi connectivity index (χ0v) is 11.7. The molecule has 0 aliphatic heterocycles. The molecule has 1 aliphatic rings. The van der Waals surface area contributed by atoms with Gasteiger partial charge in [-0.3, -0.25) is 0 Å². The molecule has 0 bridgehead atoms. The number of halogens is 3. The maximum absolute atomic E-state index is 12.7. The van der Waals surface area contributed by atoms with E-state index in [0.29, 0.717) is 12.8 Å². The van der Waals surface area contributed by atoms with Crippen molar-refractivity contribution in [1.29, 1.82) is 0 Å². The lowest BCUT2D eigenvalue weighted by Gasteiger charge is -2.26. The number of anilines is 1. The van der Waals surface area contributed by atoms with Crippen LogP contribution in [0.1, 0.15) is 41.4 Å². The fraction of sp³-hybridized carbons (Fsp3) is 0.571. The van der Waals surface area contributed by atoms with Crippen LogP contribution in [0.3, 0.4) is 0 Å². The molecular weight excluding hydrogens is 285 g/mol. The van der Waals surface area contributed by atoms with E-state index in [-0.39, 0.29) is 17.9 Å². The summed E-state index contributed by atoms with van der Waals surface area (Å²) in [6.07, 6.45) is -1.64. The van der Waals surface area contributed by atoms with Crippen LogP contribution in [0.4, 0.5) is 19.0 Å². The normalized spacial score (nSPS) is 14.1. The lowest BCUT2D eigenvalue weighted by atomic mass is 10.1. The predicted octanol–water partition coefficient (Wildman–Crippen LogP) is 3.05. The van der Waals surface area contributed by atoms with E-state index in [0.717, 1.165) is 29.0 Å². The number of nitrogens with zero attached hydrogens (tertiary/aromatic N) is 2. The molecule has 0 atom stereocenters. The molecule has 0 spiro atoms. The Bertz CT molecular complexity index is 544. The van der Waals surface area contributed by atoms with Crippen LogP contribution in [0, 0.1) is 0 Å². The summed E-state index contributed by atoms with van der Waals surface area (Å²) in [4.78, 5) is 16.6. The number of rotatable bonds is 5. The number of aromatic nitrogens is 1. The molecule has 21 heavy (non-hydrogen) atoms. The molecule has 1 N–H and O–H groups in total. The van der Waals surface area contributed by atoms with Crippen molar-refractivity contribution in [3.63, 3.8) is 0 Å². The largest absolute Gasteiger partial charge is 0.478 e. The molecule has 2 rings (SSSR count). The van der Waals surface area contributed by atoms with Gasteiger partial charge in [0.05, 0.1) is 0 Å². The molecule has 4 nitrogen and oxygen atoms in total. The number of hydrogen-bond donors (Lipinski definition) is 1. The third-order valence-electron chi connectivity index (χ3n) is 3.42. The molecule has 1 heterocycles. The van der Waals surface area contributed by atoms with Crippen LogP contribution in [-0.2, 0) is 12.8 Å². The number of carboxylic acid groups (broad SMARTS) is 1. The van der Waals surface area contributed by atoms with Crippen molar-refractivity contribution in [1.82, 2.24) is 4.98 Å². The van der Waals surface area contributed by atoms with E-state index >= 15 is 0 Å². The number of hydrogen-bond acceptors (Lipinski definition) is 3. The van der Waals surface area contributed by atoms with Gasteiger partial charge in [-0.15, -0.1) is 0 Å². The van der Waals surface area contributed by atoms with Gasteiger partial charge in [0.15, 0.2) is 0 Å². The summed E-state index contributed by atoms with van der Waals surface area (Å²) in [5.74, 6) is -1.31. The summed E-state index contributed by atoms with van der Waals surface area (Å²) in [5, 5.41) is 9.26. The second kappa shape index (κ2) is 5.91. The molecule has 0 saturated heterocycles.